The van der Waals surface area contributed by atoms with Crippen molar-refractivity contribution in [1.29, 1.82) is 0 Å². The molecule has 0 unspecified atom stereocenters. The van der Waals surface area contributed by atoms with E-state index in [-0.39, 0.29) is 5.96 Å². The highest BCUT2D eigenvalue weighted by Gasteiger charge is 2.01. The van der Waals surface area contributed by atoms with Gasteiger partial charge < -0.3 is 15.8 Å². The lowest BCUT2D eigenvalue weighted by atomic mass is 10.3. The number of hydrogen-bond acceptors (Lipinski definition) is 4. The van der Waals surface area contributed by atoms with Crippen LogP contribution in [0.1, 0.15) is 31.2 Å². The number of nitrogens with two attached hydrogens (primary N) is 1. The first-order chi connectivity index (χ1) is 11.1. The van der Waals surface area contributed by atoms with Crippen LogP contribution in [0.5, 0.6) is 5.75 Å². The third kappa shape index (κ3) is 5.58. The molecular formula is C17H23N5O. The van der Waals surface area contributed by atoms with Crippen molar-refractivity contribution in [3.63, 3.8) is 0 Å². The Morgan fingerprint density at radius 2 is 1.83 bits per heavy atom. The van der Waals surface area contributed by atoms with Gasteiger partial charge >= 0.3 is 0 Å². The quantitative estimate of drug-likeness (QED) is 0.485. The number of ether oxygens (including phenoxy) is 1. The highest BCUT2D eigenvalue weighted by molar-refractivity contribution is 5.93. The molecule has 0 bridgehead atoms. The van der Waals surface area contributed by atoms with Crippen molar-refractivity contribution < 1.29 is 4.74 Å². The number of aryl methyl sites for hydroxylation is 2. The molecular weight excluding hydrogens is 290 g/mol. The van der Waals surface area contributed by atoms with Gasteiger partial charge in [0.15, 0.2) is 0 Å². The standard InChI is InChI=1S/C17H23N5O/c1-4-5-10-23-15-8-6-14(7-9-15)21-16(18)22-17-19-12(2)11-13(3)20-17/h6-9,11H,4-5,10H2,1-3H3,(H3,18,19,20,21,22). The van der Waals surface area contributed by atoms with Gasteiger partial charge in [0.2, 0.25) is 5.96 Å². The lowest BCUT2D eigenvalue weighted by Gasteiger charge is -2.08. The molecule has 0 spiro atoms. The van der Waals surface area contributed by atoms with Crippen LogP contribution < -0.4 is 15.8 Å². The van der Waals surface area contributed by atoms with Crippen molar-refractivity contribution in [2.24, 2.45) is 10.7 Å². The first kappa shape index (κ1) is 16.7. The number of hydrogen-bond donors (Lipinski definition) is 2. The molecule has 0 saturated carbocycles. The lowest BCUT2D eigenvalue weighted by Crippen LogP contribution is -2.22. The van der Waals surface area contributed by atoms with Gasteiger partial charge in [-0.05, 0) is 50.6 Å². The minimum atomic E-state index is 0.245. The first-order valence-electron chi connectivity index (χ1n) is 7.73. The number of unbranched alkanes of at least 4 members (excludes halogenated alkanes) is 1. The average Bonchev–Trinajstić information content (AvgIpc) is 2.48. The monoisotopic (exact) mass is 313 g/mol. The van der Waals surface area contributed by atoms with Gasteiger partial charge in [0.05, 0.1) is 6.61 Å². The number of guanidine groups is 1. The number of rotatable bonds is 6. The van der Waals surface area contributed by atoms with Crippen LogP contribution in [0.2, 0.25) is 0 Å². The number of nitrogens with one attached hydrogen (secondary N) is 1. The molecule has 2 rings (SSSR count). The second-order valence-electron chi connectivity index (χ2n) is 5.30. The van der Waals surface area contributed by atoms with Gasteiger partial charge in [-0.1, -0.05) is 13.3 Å². The summed E-state index contributed by atoms with van der Waals surface area (Å²) in [5.74, 6) is 1.44. The fourth-order valence-corrected chi connectivity index (χ4v) is 2.01. The summed E-state index contributed by atoms with van der Waals surface area (Å²) in [5.41, 5.74) is 8.45. The van der Waals surface area contributed by atoms with Crippen molar-refractivity contribution in [2.45, 2.75) is 33.6 Å². The lowest BCUT2D eigenvalue weighted by molar-refractivity contribution is 0.309. The van der Waals surface area contributed by atoms with Crippen LogP contribution in [0.4, 0.5) is 11.6 Å². The van der Waals surface area contributed by atoms with Gasteiger partial charge in [-0.25, -0.2) is 9.97 Å². The number of aromatic nitrogens is 2. The SMILES string of the molecule is CCCCOc1ccc(N/C(N)=N\c2nc(C)cc(C)n2)cc1. The number of aliphatic imine (C=N–C) groups is 1. The summed E-state index contributed by atoms with van der Waals surface area (Å²) in [6.07, 6.45) is 2.17. The van der Waals surface area contributed by atoms with Gasteiger partial charge in [-0.3, -0.25) is 0 Å². The van der Waals surface area contributed by atoms with Crippen molar-refractivity contribution in [2.75, 3.05) is 11.9 Å². The maximum atomic E-state index is 5.90. The van der Waals surface area contributed by atoms with Crippen LogP contribution in [-0.4, -0.2) is 22.5 Å². The molecule has 2 aromatic rings. The summed E-state index contributed by atoms with van der Waals surface area (Å²) in [6.45, 7) is 6.66. The molecule has 6 heteroatoms. The molecule has 6 nitrogen and oxygen atoms in total. The second kappa shape index (κ2) is 8.12. The van der Waals surface area contributed by atoms with E-state index >= 15 is 0 Å². The van der Waals surface area contributed by atoms with Crippen LogP contribution in [-0.2, 0) is 0 Å². The van der Waals surface area contributed by atoms with E-state index in [1.807, 2.05) is 44.2 Å². The maximum Gasteiger partial charge on any atom is 0.253 e. The zero-order chi connectivity index (χ0) is 16.7. The molecule has 0 fully saturated rings. The van der Waals surface area contributed by atoms with Crippen molar-refractivity contribution in [1.82, 2.24) is 9.97 Å². The van der Waals surface area contributed by atoms with Crippen LogP contribution in [0.25, 0.3) is 0 Å². The summed E-state index contributed by atoms with van der Waals surface area (Å²) >= 11 is 0. The van der Waals surface area contributed by atoms with Gasteiger partial charge in [-0.15, -0.1) is 0 Å². The minimum Gasteiger partial charge on any atom is -0.494 e. The number of nitrogens with zero attached hydrogens (tertiary/aromatic N) is 3. The molecule has 1 aromatic carbocycles. The molecule has 0 atom stereocenters. The van der Waals surface area contributed by atoms with E-state index in [0.29, 0.717) is 5.95 Å². The first-order valence-corrected chi connectivity index (χ1v) is 7.73. The fourth-order valence-electron chi connectivity index (χ4n) is 2.01. The van der Waals surface area contributed by atoms with E-state index in [2.05, 4.69) is 27.2 Å². The Morgan fingerprint density at radius 3 is 2.43 bits per heavy atom. The van der Waals surface area contributed by atoms with E-state index < -0.39 is 0 Å². The summed E-state index contributed by atoms with van der Waals surface area (Å²) in [7, 11) is 0. The Balaban J connectivity index is 1.99. The predicted octanol–water partition coefficient (Wildman–Crippen LogP) is 3.33. The van der Waals surface area contributed by atoms with E-state index in [0.717, 1.165) is 42.3 Å². The highest BCUT2D eigenvalue weighted by atomic mass is 16.5. The molecule has 0 aliphatic rings. The van der Waals surface area contributed by atoms with Gasteiger partial charge in [0, 0.05) is 17.1 Å². The van der Waals surface area contributed by atoms with E-state index in [1.165, 1.54) is 0 Å². The molecule has 1 aromatic heterocycles. The molecule has 0 amide bonds. The zero-order valence-corrected chi connectivity index (χ0v) is 13.8. The van der Waals surface area contributed by atoms with Gasteiger partial charge in [-0.2, -0.15) is 4.99 Å². The Labute approximate surface area is 136 Å². The van der Waals surface area contributed by atoms with E-state index in [4.69, 9.17) is 10.5 Å². The molecule has 23 heavy (non-hydrogen) atoms. The molecule has 0 radical (unpaired) electrons. The molecule has 0 aliphatic heterocycles. The summed E-state index contributed by atoms with van der Waals surface area (Å²) < 4.78 is 5.62. The number of anilines is 1. The van der Waals surface area contributed by atoms with Crippen LogP contribution >= 0.6 is 0 Å². The number of benzene rings is 1. The molecule has 0 aliphatic carbocycles. The van der Waals surface area contributed by atoms with Crippen LogP contribution in [0.3, 0.4) is 0 Å². The fraction of sp³-hybridized carbons (Fsp3) is 0.353. The Kier molecular flexibility index (Phi) is 5.91. The highest BCUT2D eigenvalue weighted by Crippen LogP contribution is 2.16. The van der Waals surface area contributed by atoms with Crippen molar-refractivity contribution in [3.8, 4) is 5.75 Å². The smallest absolute Gasteiger partial charge is 0.253 e. The summed E-state index contributed by atoms with van der Waals surface area (Å²) in [6, 6.07) is 9.48. The normalized spacial score (nSPS) is 11.3. The summed E-state index contributed by atoms with van der Waals surface area (Å²) in [5, 5.41) is 3.02. The maximum absolute atomic E-state index is 5.90. The Morgan fingerprint density at radius 1 is 1.17 bits per heavy atom. The molecule has 122 valence electrons. The summed E-state index contributed by atoms with van der Waals surface area (Å²) in [4.78, 5) is 12.7. The van der Waals surface area contributed by atoms with Crippen LogP contribution in [0, 0.1) is 13.8 Å². The van der Waals surface area contributed by atoms with E-state index in [1.54, 1.807) is 0 Å². The minimum absolute atomic E-state index is 0.245. The third-order valence-corrected chi connectivity index (χ3v) is 3.08. The molecule has 3 N–H and O–H groups in total. The predicted molar refractivity (Wildman–Crippen MR) is 93.3 cm³/mol. The van der Waals surface area contributed by atoms with Gasteiger partial charge in [0.1, 0.15) is 5.75 Å². The zero-order valence-electron chi connectivity index (χ0n) is 13.8. The average molecular weight is 313 g/mol. The Bertz CT molecular complexity index is 647. The largest absolute Gasteiger partial charge is 0.494 e. The Hall–Kier alpha value is -2.63. The van der Waals surface area contributed by atoms with Gasteiger partial charge in [0.25, 0.3) is 5.95 Å². The van der Waals surface area contributed by atoms with E-state index in [9.17, 15) is 0 Å². The molecule has 0 saturated heterocycles. The third-order valence-electron chi connectivity index (χ3n) is 3.08. The topological polar surface area (TPSA) is 85.4 Å². The van der Waals surface area contributed by atoms with Crippen molar-refractivity contribution >= 4 is 17.6 Å². The van der Waals surface area contributed by atoms with Crippen LogP contribution in [0.15, 0.2) is 35.3 Å². The van der Waals surface area contributed by atoms with Crippen molar-refractivity contribution in [3.05, 3.63) is 41.7 Å². The molecule has 1 heterocycles. The second-order valence-corrected chi connectivity index (χ2v) is 5.30.